The predicted molar refractivity (Wildman–Crippen MR) is 61.8 cm³/mol. The Morgan fingerprint density at radius 1 is 0.875 bits per heavy atom. The second-order valence-electron chi connectivity index (χ2n) is 3.68. The van der Waals surface area contributed by atoms with E-state index >= 15 is 0 Å². The maximum absolute atomic E-state index is 8.86. The molecule has 1 rings (SSSR count). The van der Waals surface area contributed by atoms with Gasteiger partial charge in [0.05, 0.1) is 19.8 Å². The van der Waals surface area contributed by atoms with Gasteiger partial charge in [0, 0.05) is 6.42 Å². The largest absolute Gasteiger partial charge is 0.870 e. The summed E-state index contributed by atoms with van der Waals surface area (Å²) in [6.07, 6.45) is 0.996. The zero-order valence-corrected chi connectivity index (χ0v) is 9.47. The van der Waals surface area contributed by atoms with Gasteiger partial charge in [0.25, 0.3) is 0 Å². The first-order chi connectivity index (χ1) is 7.36. The van der Waals surface area contributed by atoms with Gasteiger partial charge < -0.3 is 20.6 Å². The van der Waals surface area contributed by atoms with Crippen molar-refractivity contribution in [1.82, 2.24) is 0 Å². The molecule has 4 N–H and O–H groups in total. The van der Waals surface area contributed by atoms with Crippen LogP contribution in [0.25, 0.3) is 0 Å². The topological polar surface area (TPSA) is 74.9 Å². The number of hydrogen-bond donors (Lipinski definition) is 3. The molecule has 0 heterocycles. The zero-order valence-electron chi connectivity index (χ0n) is 9.47. The lowest BCUT2D eigenvalue weighted by Crippen LogP contribution is -3.13. The highest BCUT2D eigenvalue weighted by Crippen LogP contribution is 1.97. The van der Waals surface area contributed by atoms with Gasteiger partial charge in [-0.25, -0.2) is 0 Å². The Hall–Kier alpha value is -0.940. The lowest BCUT2D eigenvalue weighted by Gasteiger charge is -2.17. The molecule has 16 heavy (non-hydrogen) atoms. The van der Waals surface area contributed by atoms with Gasteiger partial charge in [-0.1, -0.05) is 30.3 Å². The normalized spacial score (nSPS) is 10.2. The van der Waals surface area contributed by atoms with Gasteiger partial charge in [-0.2, -0.15) is 0 Å². The minimum atomic E-state index is 0. The van der Waals surface area contributed by atoms with Crippen molar-refractivity contribution in [3.63, 3.8) is 0 Å². The van der Waals surface area contributed by atoms with Crippen LogP contribution in [0.1, 0.15) is 5.56 Å². The van der Waals surface area contributed by atoms with Gasteiger partial charge >= 0.3 is 0 Å². The molecule has 0 aliphatic rings. The Labute approximate surface area is 96.5 Å². The molecule has 0 radical (unpaired) electrons. The Balaban J connectivity index is 0.00000225. The maximum atomic E-state index is 8.86. The van der Waals surface area contributed by atoms with Gasteiger partial charge in [0.2, 0.25) is 0 Å². The van der Waals surface area contributed by atoms with E-state index in [0.717, 1.165) is 13.0 Å². The molecular weight excluding hydrogens is 206 g/mol. The Morgan fingerprint density at radius 2 is 1.44 bits per heavy atom. The van der Waals surface area contributed by atoms with Gasteiger partial charge in [0.1, 0.15) is 13.1 Å². The highest BCUT2D eigenvalue weighted by atomic mass is 16.3. The molecular formula is C12H21NO3. The fraction of sp³-hybridized carbons (Fsp3) is 0.500. The summed E-state index contributed by atoms with van der Waals surface area (Å²) < 4.78 is 0. The van der Waals surface area contributed by atoms with Crippen LogP contribution in [0, 0.1) is 0 Å². The van der Waals surface area contributed by atoms with Gasteiger partial charge in [-0.3, -0.25) is 0 Å². The van der Waals surface area contributed by atoms with E-state index in [2.05, 4.69) is 12.1 Å². The molecule has 0 saturated carbocycles. The van der Waals surface area contributed by atoms with Crippen molar-refractivity contribution in [2.75, 3.05) is 32.8 Å². The summed E-state index contributed by atoms with van der Waals surface area (Å²) in [5.41, 5.74) is 1.31. The Bertz CT molecular complexity index is 248. The number of aliphatic hydroxyl groups is 2. The van der Waals surface area contributed by atoms with Crippen LogP contribution >= 0.6 is 0 Å². The molecule has 1 aromatic carbocycles. The second-order valence-corrected chi connectivity index (χ2v) is 3.68. The molecule has 0 bridgehead atoms. The van der Waals surface area contributed by atoms with Gasteiger partial charge in [0.15, 0.2) is 0 Å². The van der Waals surface area contributed by atoms with Crippen molar-refractivity contribution >= 4 is 0 Å². The van der Waals surface area contributed by atoms with E-state index in [4.69, 9.17) is 10.2 Å². The standard InChI is InChI=1S/C12H19NO2.H2O/c14-10-8-13(9-11-15)7-6-12-4-2-1-3-5-12;/h1-5,14-15H,6-11H2;1H2. The number of nitrogens with one attached hydrogen (secondary N) is 1. The van der Waals surface area contributed by atoms with Crippen LogP contribution in [0.3, 0.4) is 0 Å². The van der Waals surface area contributed by atoms with E-state index in [1.165, 1.54) is 10.5 Å². The van der Waals surface area contributed by atoms with E-state index in [0.29, 0.717) is 13.1 Å². The van der Waals surface area contributed by atoms with Crippen molar-refractivity contribution in [2.45, 2.75) is 6.42 Å². The second kappa shape index (κ2) is 9.30. The quantitative estimate of drug-likeness (QED) is 0.555. The summed E-state index contributed by atoms with van der Waals surface area (Å²) in [5, 5.41) is 17.7. The van der Waals surface area contributed by atoms with Crippen LogP contribution in [0.5, 0.6) is 0 Å². The molecule has 0 unspecified atom stereocenters. The minimum absolute atomic E-state index is 0. The third kappa shape index (κ3) is 5.82. The third-order valence-corrected chi connectivity index (χ3v) is 2.54. The zero-order chi connectivity index (χ0) is 10.9. The molecule has 0 aromatic heterocycles. The summed E-state index contributed by atoms with van der Waals surface area (Å²) in [6.45, 7) is 2.76. The minimum Gasteiger partial charge on any atom is -0.870 e. The molecule has 4 heteroatoms. The van der Waals surface area contributed by atoms with Crippen molar-refractivity contribution in [3.05, 3.63) is 35.9 Å². The lowest BCUT2D eigenvalue weighted by atomic mass is 10.1. The average molecular weight is 227 g/mol. The van der Waals surface area contributed by atoms with Crippen LogP contribution < -0.4 is 4.90 Å². The van der Waals surface area contributed by atoms with Crippen molar-refractivity contribution < 1.29 is 20.6 Å². The molecule has 92 valence electrons. The first-order valence-corrected chi connectivity index (χ1v) is 5.46. The van der Waals surface area contributed by atoms with Crippen LogP contribution in [-0.4, -0.2) is 48.5 Å². The number of aliphatic hydroxyl groups excluding tert-OH is 2. The third-order valence-electron chi connectivity index (χ3n) is 2.54. The van der Waals surface area contributed by atoms with Crippen molar-refractivity contribution in [2.24, 2.45) is 0 Å². The lowest BCUT2D eigenvalue weighted by molar-refractivity contribution is -0.900. The summed E-state index contributed by atoms with van der Waals surface area (Å²) in [6, 6.07) is 10.3. The molecule has 0 fully saturated rings. The summed E-state index contributed by atoms with van der Waals surface area (Å²) >= 11 is 0. The van der Waals surface area contributed by atoms with E-state index in [-0.39, 0.29) is 18.7 Å². The molecule has 4 nitrogen and oxygen atoms in total. The average Bonchev–Trinajstić information content (AvgIpc) is 2.28. The molecule has 0 amide bonds. The van der Waals surface area contributed by atoms with Crippen molar-refractivity contribution in [1.29, 1.82) is 0 Å². The summed E-state index contributed by atoms with van der Waals surface area (Å²) in [5.74, 6) is 0. The first-order valence-electron chi connectivity index (χ1n) is 5.46. The van der Waals surface area contributed by atoms with Crippen LogP contribution in [0.15, 0.2) is 30.3 Å². The Kier molecular flexibility index (Phi) is 8.75. The van der Waals surface area contributed by atoms with Crippen LogP contribution in [0.4, 0.5) is 0 Å². The van der Waals surface area contributed by atoms with Crippen LogP contribution in [0.2, 0.25) is 0 Å². The molecule has 1 aromatic rings. The van der Waals surface area contributed by atoms with Crippen molar-refractivity contribution in [3.8, 4) is 0 Å². The van der Waals surface area contributed by atoms with E-state index < -0.39 is 0 Å². The van der Waals surface area contributed by atoms with E-state index in [9.17, 15) is 0 Å². The summed E-state index contributed by atoms with van der Waals surface area (Å²) in [7, 11) is 0. The SMILES string of the molecule is OCC[NH+](CCO)CCc1ccccc1.[OH-]. The van der Waals surface area contributed by atoms with Crippen LogP contribution in [-0.2, 0) is 6.42 Å². The predicted octanol–water partition coefficient (Wildman–Crippen LogP) is -1.08. The van der Waals surface area contributed by atoms with E-state index in [1.54, 1.807) is 0 Å². The van der Waals surface area contributed by atoms with Gasteiger partial charge in [-0.05, 0) is 5.56 Å². The fourth-order valence-corrected chi connectivity index (χ4v) is 1.66. The fourth-order valence-electron chi connectivity index (χ4n) is 1.66. The molecule has 0 aliphatic carbocycles. The molecule has 0 atom stereocenters. The van der Waals surface area contributed by atoms with E-state index in [1.807, 2.05) is 18.2 Å². The monoisotopic (exact) mass is 227 g/mol. The summed E-state index contributed by atoms with van der Waals surface area (Å²) in [4.78, 5) is 1.25. The van der Waals surface area contributed by atoms with Gasteiger partial charge in [-0.15, -0.1) is 0 Å². The maximum Gasteiger partial charge on any atom is 0.101 e. The number of hydrogen-bond acceptors (Lipinski definition) is 3. The number of quaternary nitrogens is 1. The molecule has 0 saturated heterocycles. The highest BCUT2D eigenvalue weighted by Gasteiger charge is 2.06. The smallest absolute Gasteiger partial charge is 0.101 e. The molecule has 0 aliphatic heterocycles. The number of benzene rings is 1. The highest BCUT2D eigenvalue weighted by molar-refractivity contribution is 5.14. The first kappa shape index (κ1) is 15.1. The molecule has 0 spiro atoms. The number of rotatable bonds is 7. The Morgan fingerprint density at radius 3 is 1.94 bits per heavy atom.